The van der Waals surface area contributed by atoms with Crippen molar-refractivity contribution in [3.63, 3.8) is 0 Å². The predicted molar refractivity (Wildman–Crippen MR) is 48.8 cm³/mol. The van der Waals surface area contributed by atoms with E-state index in [2.05, 4.69) is 0 Å². The summed E-state index contributed by atoms with van der Waals surface area (Å²) >= 11 is 0. The van der Waals surface area contributed by atoms with Crippen LogP contribution in [0.5, 0.6) is 5.75 Å². The Bertz CT molecular complexity index is 260. The Morgan fingerprint density at radius 2 is 1.83 bits per heavy atom. The van der Waals surface area contributed by atoms with Crippen LogP contribution in [0.25, 0.3) is 6.08 Å². The summed E-state index contributed by atoms with van der Waals surface area (Å²) in [4.78, 5) is 0. The summed E-state index contributed by atoms with van der Waals surface area (Å²) in [5.41, 5.74) is 0.966. The quantitative estimate of drug-likeness (QED) is 0.699. The zero-order chi connectivity index (χ0) is 8.97. The third-order valence-corrected chi connectivity index (χ3v) is 1.46. The van der Waals surface area contributed by atoms with Gasteiger partial charge in [0.1, 0.15) is 5.75 Å². The summed E-state index contributed by atoms with van der Waals surface area (Å²) in [5, 5.41) is 17.9. The maximum Gasteiger partial charge on any atom is 0.115 e. The molecule has 0 aliphatic carbocycles. The van der Waals surface area contributed by atoms with E-state index in [1.807, 2.05) is 6.08 Å². The Kier molecular flexibility index (Phi) is 2.88. The van der Waals surface area contributed by atoms with Gasteiger partial charge >= 0.3 is 0 Å². The third kappa shape index (κ3) is 2.76. The second kappa shape index (κ2) is 3.93. The minimum atomic E-state index is -0.432. The van der Waals surface area contributed by atoms with Crippen molar-refractivity contribution in [1.29, 1.82) is 0 Å². The normalized spacial score (nSPS) is 13.5. The van der Waals surface area contributed by atoms with Gasteiger partial charge in [-0.05, 0) is 24.6 Å². The van der Waals surface area contributed by atoms with Gasteiger partial charge in [-0.3, -0.25) is 0 Å². The van der Waals surface area contributed by atoms with Gasteiger partial charge in [-0.2, -0.15) is 0 Å². The van der Waals surface area contributed by atoms with Crippen LogP contribution in [-0.4, -0.2) is 16.3 Å². The summed E-state index contributed by atoms with van der Waals surface area (Å²) in [6.07, 6.45) is 3.06. The lowest BCUT2D eigenvalue weighted by Crippen LogP contribution is -1.90. The first-order chi connectivity index (χ1) is 5.68. The van der Waals surface area contributed by atoms with Crippen LogP contribution in [0.3, 0.4) is 0 Å². The molecule has 0 bridgehead atoms. The molecule has 0 fully saturated rings. The van der Waals surface area contributed by atoms with Gasteiger partial charge in [0, 0.05) is 0 Å². The van der Waals surface area contributed by atoms with Gasteiger partial charge in [-0.25, -0.2) is 0 Å². The molecule has 2 N–H and O–H groups in total. The van der Waals surface area contributed by atoms with E-state index in [9.17, 15) is 0 Å². The number of hydrogen-bond acceptors (Lipinski definition) is 2. The van der Waals surface area contributed by atoms with Gasteiger partial charge in [0.2, 0.25) is 0 Å². The zero-order valence-electron chi connectivity index (χ0n) is 6.94. The average molecular weight is 164 g/mol. The van der Waals surface area contributed by atoms with E-state index in [0.29, 0.717) is 0 Å². The molecule has 0 heterocycles. The van der Waals surface area contributed by atoms with E-state index in [0.717, 1.165) is 5.56 Å². The molecule has 2 heteroatoms. The lowest BCUT2D eigenvalue weighted by Gasteiger charge is -1.95. The smallest absolute Gasteiger partial charge is 0.115 e. The fourth-order valence-electron chi connectivity index (χ4n) is 0.836. The van der Waals surface area contributed by atoms with E-state index in [4.69, 9.17) is 10.2 Å². The van der Waals surface area contributed by atoms with Gasteiger partial charge in [0.05, 0.1) is 6.10 Å². The van der Waals surface area contributed by atoms with Crippen molar-refractivity contribution in [2.24, 2.45) is 0 Å². The van der Waals surface area contributed by atoms with E-state index < -0.39 is 6.10 Å². The number of aliphatic hydroxyl groups is 1. The van der Waals surface area contributed by atoms with Crippen molar-refractivity contribution in [2.75, 3.05) is 0 Å². The minimum Gasteiger partial charge on any atom is -0.508 e. The molecule has 0 amide bonds. The van der Waals surface area contributed by atoms with E-state index >= 15 is 0 Å². The first kappa shape index (κ1) is 8.81. The second-order valence-corrected chi connectivity index (χ2v) is 2.69. The van der Waals surface area contributed by atoms with Crippen LogP contribution in [0.15, 0.2) is 30.3 Å². The van der Waals surface area contributed by atoms with E-state index in [1.54, 1.807) is 37.3 Å². The van der Waals surface area contributed by atoms with Crippen LogP contribution in [0.1, 0.15) is 12.5 Å². The Morgan fingerprint density at radius 3 is 2.33 bits per heavy atom. The van der Waals surface area contributed by atoms with E-state index in [-0.39, 0.29) is 5.75 Å². The lowest BCUT2D eigenvalue weighted by atomic mass is 10.2. The highest BCUT2D eigenvalue weighted by atomic mass is 16.3. The van der Waals surface area contributed by atoms with Crippen LogP contribution in [-0.2, 0) is 0 Å². The fraction of sp³-hybridized carbons (Fsp3) is 0.200. The molecular formula is C10H12O2. The summed E-state index contributed by atoms with van der Waals surface area (Å²) in [5.74, 6) is 0.254. The Morgan fingerprint density at radius 1 is 1.25 bits per heavy atom. The molecule has 0 aliphatic rings. The average Bonchev–Trinajstić information content (AvgIpc) is 2.03. The maximum atomic E-state index is 8.96. The molecule has 0 saturated heterocycles. The molecule has 1 aromatic carbocycles. The summed E-state index contributed by atoms with van der Waals surface area (Å²) in [6.45, 7) is 1.69. The molecule has 1 rings (SSSR count). The van der Waals surface area contributed by atoms with E-state index in [1.165, 1.54) is 0 Å². The highest BCUT2D eigenvalue weighted by molar-refractivity contribution is 5.50. The number of aromatic hydroxyl groups is 1. The third-order valence-electron chi connectivity index (χ3n) is 1.46. The van der Waals surface area contributed by atoms with Gasteiger partial charge in [-0.1, -0.05) is 24.3 Å². The van der Waals surface area contributed by atoms with Gasteiger partial charge in [0.15, 0.2) is 0 Å². The summed E-state index contributed by atoms with van der Waals surface area (Å²) < 4.78 is 0. The first-order valence-electron chi connectivity index (χ1n) is 3.84. The van der Waals surface area contributed by atoms with Crippen molar-refractivity contribution < 1.29 is 10.2 Å². The van der Waals surface area contributed by atoms with Crippen molar-refractivity contribution in [3.8, 4) is 5.75 Å². The molecular weight excluding hydrogens is 152 g/mol. The Hall–Kier alpha value is -1.28. The van der Waals surface area contributed by atoms with Crippen LogP contribution in [0.4, 0.5) is 0 Å². The fourth-order valence-corrected chi connectivity index (χ4v) is 0.836. The molecule has 64 valence electrons. The molecule has 1 unspecified atom stereocenters. The molecule has 0 radical (unpaired) electrons. The summed E-state index contributed by atoms with van der Waals surface area (Å²) in [7, 11) is 0. The highest BCUT2D eigenvalue weighted by Crippen LogP contribution is 2.10. The molecule has 1 atom stereocenters. The predicted octanol–water partition coefficient (Wildman–Crippen LogP) is 1.79. The first-order valence-corrected chi connectivity index (χ1v) is 3.84. The SMILES string of the molecule is CC(O)/C=C/c1ccc(O)cc1. The lowest BCUT2D eigenvalue weighted by molar-refractivity contribution is 0.245. The van der Waals surface area contributed by atoms with Crippen molar-refractivity contribution >= 4 is 6.08 Å². The molecule has 0 spiro atoms. The number of hydrogen-bond donors (Lipinski definition) is 2. The summed E-state index contributed by atoms with van der Waals surface area (Å²) in [6, 6.07) is 6.80. The minimum absolute atomic E-state index is 0.254. The molecule has 0 aliphatic heterocycles. The molecule has 12 heavy (non-hydrogen) atoms. The van der Waals surface area contributed by atoms with Gasteiger partial charge < -0.3 is 10.2 Å². The number of phenolic OH excluding ortho intramolecular Hbond substituents is 1. The number of phenols is 1. The van der Waals surface area contributed by atoms with Crippen molar-refractivity contribution in [1.82, 2.24) is 0 Å². The van der Waals surface area contributed by atoms with Crippen LogP contribution >= 0.6 is 0 Å². The molecule has 0 aromatic heterocycles. The zero-order valence-corrected chi connectivity index (χ0v) is 6.94. The highest BCUT2D eigenvalue weighted by Gasteiger charge is 1.89. The van der Waals surface area contributed by atoms with Gasteiger partial charge in [-0.15, -0.1) is 0 Å². The Balaban J connectivity index is 2.71. The van der Waals surface area contributed by atoms with Crippen molar-refractivity contribution in [3.05, 3.63) is 35.9 Å². The largest absolute Gasteiger partial charge is 0.508 e. The van der Waals surface area contributed by atoms with Crippen LogP contribution in [0.2, 0.25) is 0 Å². The Labute approximate surface area is 71.8 Å². The van der Waals surface area contributed by atoms with Crippen molar-refractivity contribution in [2.45, 2.75) is 13.0 Å². The monoisotopic (exact) mass is 164 g/mol. The van der Waals surface area contributed by atoms with Crippen LogP contribution in [0, 0.1) is 0 Å². The second-order valence-electron chi connectivity index (χ2n) is 2.69. The van der Waals surface area contributed by atoms with Crippen LogP contribution < -0.4 is 0 Å². The number of rotatable bonds is 2. The topological polar surface area (TPSA) is 40.5 Å². The molecule has 2 nitrogen and oxygen atoms in total. The molecule has 0 saturated carbocycles. The van der Waals surface area contributed by atoms with Gasteiger partial charge in [0.25, 0.3) is 0 Å². The number of aliphatic hydroxyl groups excluding tert-OH is 1. The molecule has 1 aromatic rings. The number of benzene rings is 1. The maximum absolute atomic E-state index is 8.96. The standard InChI is InChI=1S/C10H12O2/c1-8(11)2-3-9-4-6-10(12)7-5-9/h2-8,11-12H,1H3/b3-2+.